The lowest BCUT2D eigenvalue weighted by Gasteiger charge is -2.28. The van der Waals surface area contributed by atoms with E-state index < -0.39 is 17.7 Å². The summed E-state index contributed by atoms with van der Waals surface area (Å²) in [6.45, 7) is 9.18. The Morgan fingerprint density at radius 2 is 1.84 bits per heavy atom. The second-order valence-electron chi connectivity index (χ2n) is 11.0. The molecular weight excluding hydrogens is 587 g/mol. The largest absolute Gasteiger partial charge is 0.493 e. The van der Waals surface area contributed by atoms with Gasteiger partial charge < -0.3 is 24.2 Å². The number of halogens is 2. The monoisotopic (exact) mass is 626 g/mol. The molecule has 236 valence electrons. The van der Waals surface area contributed by atoms with Crippen molar-refractivity contribution in [3.63, 3.8) is 0 Å². The predicted molar refractivity (Wildman–Crippen MR) is 169 cm³/mol. The first-order valence-corrected chi connectivity index (χ1v) is 15.3. The van der Waals surface area contributed by atoms with Crippen molar-refractivity contribution < 1.29 is 33.3 Å². The van der Waals surface area contributed by atoms with Gasteiger partial charge in [0.05, 0.1) is 30.3 Å². The number of carboxylic acid groups (broad SMARTS) is 1. The van der Waals surface area contributed by atoms with Crippen LogP contribution in [0.2, 0.25) is 5.02 Å². The number of nitrogens with zero attached hydrogens (tertiary/aromatic N) is 2. The van der Waals surface area contributed by atoms with Crippen LogP contribution in [0.1, 0.15) is 55.1 Å². The number of rotatable bonds is 15. The van der Waals surface area contributed by atoms with Gasteiger partial charge >= 0.3 is 12.1 Å². The van der Waals surface area contributed by atoms with Crippen LogP contribution in [0.4, 0.5) is 14.9 Å². The van der Waals surface area contributed by atoms with Crippen molar-refractivity contribution in [2.75, 3.05) is 44.8 Å². The van der Waals surface area contributed by atoms with Gasteiger partial charge in [0.2, 0.25) is 0 Å². The molecule has 8 nitrogen and oxygen atoms in total. The van der Waals surface area contributed by atoms with Gasteiger partial charge in [-0.05, 0) is 86.8 Å². The zero-order valence-electron chi connectivity index (χ0n) is 25.7. The molecule has 0 radical (unpaired) electrons. The minimum absolute atomic E-state index is 0.0187. The Kier molecular flexibility index (Phi) is 11.2. The van der Waals surface area contributed by atoms with Crippen molar-refractivity contribution in [1.82, 2.24) is 4.90 Å². The summed E-state index contributed by atoms with van der Waals surface area (Å²) in [7, 11) is 2.04. The molecule has 1 heterocycles. The van der Waals surface area contributed by atoms with Gasteiger partial charge in [0.15, 0.2) is 0 Å². The number of benzene rings is 3. The fourth-order valence-electron chi connectivity index (χ4n) is 5.40. The molecule has 1 aliphatic heterocycles. The Labute approximate surface area is 263 Å². The molecular formula is C34H40ClFN2O6. The minimum Gasteiger partial charge on any atom is -0.493 e. The van der Waals surface area contributed by atoms with Crippen LogP contribution in [0.5, 0.6) is 5.75 Å². The Bertz CT molecular complexity index is 1470. The molecule has 3 aromatic rings. The van der Waals surface area contributed by atoms with Gasteiger partial charge in [0.1, 0.15) is 17.2 Å². The van der Waals surface area contributed by atoms with Gasteiger partial charge in [0.25, 0.3) is 0 Å². The summed E-state index contributed by atoms with van der Waals surface area (Å²) in [6, 6.07) is 15.1. The number of ether oxygens (including phenoxy) is 3. The smallest absolute Gasteiger partial charge is 0.415 e. The lowest BCUT2D eigenvalue weighted by molar-refractivity contribution is 0.0392. The molecule has 1 saturated heterocycles. The first-order valence-electron chi connectivity index (χ1n) is 14.9. The number of aromatic carboxylic acids is 1. The summed E-state index contributed by atoms with van der Waals surface area (Å²) in [5, 5.41) is 9.34. The number of hydrogen-bond donors (Lipinski definition) is 1. The fraction of sp³-hybridized carbons (Fsp3) is 0.412. The Morgan fingerprint density at radius 1 is 1.09 bits per heavy atom. The Balaban J connectivity index is 1.44. The van der Waals surface area contributed by atoms with Crippen molar-refractivity contribution in [2.45, 2.75) is 52.2 Å². The van der Waals surface area contributed by atoms with E-state index >= 15 is 0 Å². The maximum absolute atomic E-state index is 13.7. The third kappa shape index (κ3) is 7.88. The van der Waals surface area contributed by atoms with Gasteiger partial charge in [-0.1, -0.05) is 36.7 Å². The van der Waals surface area contributed by atoms with Crippen molar-refractivity contribution in [3.8, 4) is 16.9 Å². The van der Waals surface area contributed by atoms with E-state index in [0.717, 1.165) is 41.0 Å². The molecule has 1 N–H and O–H groups in total. The minimum atomic E-state index is -1.13. The molecule has 1 aliphatic rings. The number of hydrogen-bond acceptors (Lipinski definition) is 6. The molecule has 1 amide bonds. The quantitative estimate of drug-likeness (QED) is 0.187. The second-order valence-corrected chi connectivity index (χ2v) is 11.4. The number of carboxylic acids is 1. The Hall–Kier alpha value is -3.66. The molecule has 44 heavy (non-hydrogen) atoms. The molecule has 0 aliphatic carbocycles. The molecule has 4 rings (SSSR count). The highest BCUT2D eigenvalue weighted by Crippen LogP contribution is 2.37. The molecule has 0 aromatic heterocycles. The van der Waals surface area contributed by atoms with Gasteiger partial charge in [-0.2, -0.15) is 0 Å². The van der Waals surface area contributed by atoms with Crippen molar-refractivity contribution in [1.29, 1.82) is 0 Å². The van der Waals surface area contributed by atoms with Crippen LogP contribution in [-0.2, 0) is 22.5 Å². The van der Waals surface area contributed by atoms with E-state index in [1.807, 2.05) is 27.8 Å². The van der Waals surface area contributed by atoms with Crippen molar-refractivity contribution in [2.24, 2.45) is 0 Å². The molecule has 1 fully saturated rings. The van der Waals surface area contributed by atoms with Crippen LogP contribution in [0, 0.1) is 5.82 Å². The maximum atomic E-state index is 13.7. The van der Waals surface area contributed by atoms with E-state index in [2.05, 4.69) is 17.0 Å². The highest BCUT2D eigenvalue weighted by molar-refractivity contribution is 6.33. The first-order chi connectivity index (χ1) is 21.1. The van der Waals surface area contributed by atoms with E-state index in [9.17, 15) is 19.1 Å². The van der Waals surface area contributed by atoms with Crippen LogP contribution in [0.3, 0.4) is 0 Å². The summed E-state index contributed by atoms with van der Waals surface area (Å²) >= 11 is 6.16. The van der Waals surface area contributed by atoms with Crippen LogP contribution >= 0.6 is 11.6 Å². The van der Waals surface area contributed by atoms with Crippen LogP contribution < -0.4 is 9.64 Å². The average molecular weight is 627 g/mol. The summed E-state index contributed by atoms with van der Waals surface area (Å²) in [5.41, 5.74) is 3.69. The lowest BCUT2D eigenvalue weighted by atomic mass is 9.95. The zero-order valence-corrected chi connectivity index (χ0v) is 26.5. The maximum Gasteiger partial charge on any atom is 0.415 e. The summed E-state index contributed by atoms with van der Waals surface area (Å²) in [4.78, 5) is 27.9. The Morgan fingerprint density at radius 3 is 2.48 bits per heavy atom. The van der Waals surface area contributed by atoms with E-state index in [1.165, 1.54) is 29.2 Å². The number of cyclic esters (lactones) is 1. The number of likely N-dealkylation sites (N-methyl/N-ethyl adjacent to an activating group) is 1. The molecule has 1 atom stereocenters. The normalized spacial score (nSPS) is 16.4. The fourth-order valence-corrected chi connectivity index (χ4v) is 5.66. The predicted octanol–water partition coefficient (Wildman–Crippen LogP) is 7.45. The second kappa shape index (κ2) is 14.9. The third-order valence-electron chi connectivity index (χ3n) is 7.98. The number of carbonyl (C=O) groups excluding carboxylic acids is 1. The van der Waals surface area contributed by atoms with Crippen LogP contribution in [0.25, 0.3) is 11.1 Å². The summed E-state index contributed by atoms with van der Waals surface area (Å²) in [5.74, 6) is -0.672. The first kappa shape index (κ1) is 33.2. The van der Waals surface area contributed by atoms with Gasteiger partial charge in [-0.25, -0.2) is 14.0 Å². The molecule has 1 unspecified atom stereocenters. The molecule has 3 aromatic carbocycles. The SMILES string of the molecule is CCOCc1cc(CCN(C)CCC2(CC)CN(c3ccc(C(=O)O)c(Cl)c3)C(=O)O2)cc(OCC)c1-c1ccc(F)cc1. The van der Waals surface area contributed by atoms with Crippen molar-refractivity contribution in [3.05, 3.63) is 82.1 Å². The molecule has 0 spiro atoms. The highest BCUT2D eigenvalue weighted by Gasteiger charge is 2.44. The van der Waals surface area contributed by atoms with Crippen LogP contribution in [-0.4, -0.2) is 67.6 Å². The number of amides is 1. The van der Waals surface area contributed by atoms with E-state index in [0.29, 0.717) is 51.4 Å². The summed E-state index contributed by atoms with van der Waals surface area (Å²) < 4.78 is 31.4. The van der Waals surface area contributed by atoms with Gasteiger partial charge in [-0.15, -0.1) is 0 Å². The van der Waals surface area contributed by atoms with Crippen LogP contribution in [0.15, 0.2) is 54.6 Å². The van der Waals surface area contributed by atoms with E-state index in [1.54, 1.807) is 18.2 Å². The van der Waals surface area contributed by atoms with Gasteiger partial charge in [0, 0.05) is 37.4 Å². The number of carbonyl (C=O) groups is 2. The van der Waals surface area contributed by atoms with Crippen molar-refractivity contribution >= 4 is 29.4 Å². The molecule has 0 saturated carbocycles. The average Bonchev–Trinajstić information content (AvgIpc) is 3.35. The molecule has 10 heteroatoms. The summed E-state index contributed by atoms with van der Waals surface area (Å²) in [6.07, 6.45) is 1.55. The van der Waals surface area contributed by atoms with Gasteiger partial charge in [-0.3, -0.25) is 4.90 Å². The third-order valence-corrected chi connectivity index (χ3v) is 8.29. The van der Waals surface area contributed by atoms with E-state index in [4.69, 9.17) is 25.8 Å². The molecule has 0 bridgehead atoms. The topological polar surface area (TPSA) is 88.5 Å². The van der Waals surface area contributed by atoms with E-state index in [-0.39, 0.29) is 16.4 Å². The lowest BCUT2D eigenvalue weighted by Crippen LogP contribution is -2.38. The number of anilines is 1. The zero-order chi connectivity index (χ0) is 31.9. The highest BCUT2D eigenvalue weighted by atomic mass is 35.5. The standard InChI is InChI=1S/C34H40ClFN2O6/c1-5-34(22-38(33(41)44-34)27-12-13-28(32(39)40)29(35)20-27)15-17-37(4)16-14-23-18-25(21-42-6-2)31(30(19-23)43-7-3)24-8-10-26(36)11-9-24/h8-13,18-20H,5-7,14-17,21-22H2,1-4H3,(H,39,40).